The lowest BCUT2D eigenvalue weighted by molar-refractivity contribution is -0.114. The Morgan fingerprint density at radius 2 is 1.89 bits per heavy atom. The summed E-state index contributed by atoms with van der Waals surface area (Å²) in [5.41, 5.74) is 4.88. The van der Waals surface area contributed by atoms with Gasteiger partial charge in [0.15, 0.2) is 5.13 Å². The molecule has 142 valence electrons. The van der Waals surface area contributed by atoms with E-state index in [0.717, 1.165) is 21.9 Å². The van der Waals surface area contributed by atoms with Gasteiger partial charge in [-0.25, -0.2) is 9.67 Å². The van der Waals surface area contributed by atoms with Crippen LogP contribution in [0.3, 0.4) is 0 Å². The van der Waals surface area contributed by atoms with E-state index in [1.165, 1.54) is 16.6 Å². The summed E-state index contributed by atoms with van der Waals surface area (Å²) >= 11 is 1.61. The molecule has 0 spiro atoms. The highest BCUT2D eigenvalue weighted by Crippen LogP contribution is 2.32. The van der Waals surface area contributed by atoms with Crippen molar-refractivity contribution < 1.29 is 4.79 Å². The Morgan fingerprint density at radius 1 is 1.14 bits per heavy atom. The molecule has 8 nitrogen and oxygen atoms in total. The molecule has 0 aliphatic rings. The summed E-state index contributed by atoms with van der Waals surface area (Å²) in [6.45, 7) is 4.35. The Bertz CT molecular complexity index is 1080. The summed E-state index contributed by atoms with van der Waals surface area (Å²) in [6.07, 6.45) is 1.52. The molecule has 9 heteroatoms. The molecule has 2 heterocycles. The summed E-state index contributed by atoms with van der Waals surface area (Å²) < 4.78 is 2.72. The SMILES string of the molecule is Cc1ccc(C)c2sc(N(C)CC(=O)Nc3ccc(-n4cnnn4)cc3)nc12. The number of carbonyl (C=O) groups is 1. The number of carbonyl (C=O) groups excluding carboxylic acids is 1. The maximum atomic E-state index is 12.4. The number of aryl methyl sites for hydroxylation is 2. The number of hydrogen-bond donors (Lipinski definition) is 1. The maximum Gasteiger partial charge on any atom is 0.243 e. The van der Waals surface area contributed by atoms with Crippen LogP contribution in [-0.2, 0) is 4.79 Å². The van der Waals surface area contributed by atoms with Crippen LogP contribution in [0.2, 0.25) is 0 Å². The molecule has 0 aliphatic carbocycles. The second kappa shape index (κ2) is 7.35. The van der Waals surface area contributed by atoms with Gasteiger partial charge in [0.25, 0.3) is 0 Å². The second-order valence-electron chi connectivity index (χ2n) is 6.58. The molecule has 2 aromatic heterocycles. The first-order valence-electron chi connectivity index (χ1n) is 8.72. The van der Waals surface area contributed by atoms with Crippen LogP contribution >= 0.6 is 11.3 Å². The summed E-state index contributed by atoms with van der Waals surface area (Å²) in [5.74, 6) is -0.106. The molecule has 0 bridgehead atoms. The van der Waals surface area contributed by atoms with E-state index in [9.17, 15) is 4.79 Å². The van der Waals surface area contributed by atoms with Crippen LogP contribution in [0.4, 0.5) is 10.8 Å². The molecule has 0 saturated carbocycles. The molecule has 28 heavy (non-hydrogen) atoms. The predicted molar refractivity (Wildman–Crippen MR) is 110 cm³/mol. The number of thiazole rings is 1. The van der Waals surface area contributed by atoms with Crippen LogP contribution in [-0.4, -0.2) is 44.7 Å². The van der Waals surface area contributed by atoms with Gasteiger partial charge in [0, 0.05) is 12.7 Å². The first-order chi connectivity index (χ1) is 13.5. The van der Waals surface area contributed by atoms with Gasteiger partial charge in [-0.2, -0.15) is 0 Å². The molecule has 0 fully saturated rings. The van der Waals surface area contributed by atoms with Gasteiger partial charge in [-0.05, 0) is 59.7 Å². The number of nitrogens with one attached hydrogen (secondary N) is 1. The van der Waals surface area contributed by atoms with Gasteiger partial charge in [-0.1, -0.05) is 23.5 Å². The van der Waals surface area contributed by atoms with Crippen molar-refractivity contribution in [3.8, 4) is 5.69 Å². The average molecular weight is 393 g/mol. The molecule has 0 atom stereocenters. The van der Waals surface area contributed by atoms with E-state index in [-0.39, 0.29) is 12.5 Å². The fraction of sp³-hybridized carbons (Fsp3) is 0.211. The molecule has 1 amide bonds. The second-order valence-corrected chi connectivity index (χ2v) is 7.56. The molecular weight excluding hydrogens is 374 g/mol. The van der Waals surface area contributed by atoms with Gasteiger partial charge in [0.2, 0.25) is 5.91 Å². The third-order valence-corrected chi connectivity index (χ3v) is 5.71. The Morgan fingerprint density at radius 3 is 2.57 bits per heavy atom. The predicted octanol–water partition coefficient (Wildman–Crippen LogP) is 2.96. The van der Waals surface area contributed by atoms with Crippen molar-refractivity contribution in [1.82, 2.24) is 25.2 Å². The monoisotopic (exact) mass is 393 g/mol. The fourth-order valence-corrected chi connectivity index (χ4v) is 3.94. The molecule has 0 aliphatic heterocycles. The molecular formula is C19H19N7OS. The Balaban J connectivity index is 1.43. The van der Waals surface area contributed by atoms with Crippen LogP contribution < -0.4 is 10.2 Å². The normalized spacial score (nSPS) is 11.0. The summed E-state index contributed by atoms with van der Waals surface area (Å²) in [7, 11) is 1.88. The lowest BCUT2D eigenvalue weighted by Gasteiger charge is -2.15. The fourth-order valence-electron chi connectivity index (χ4n) is 2.87. The van der Waals surface area contributed by atoms with Crippen molar-refractivity contribution in [1.29, 1.82) is 0 Å². The standard InChI is InChI=1S/C19H19N7OS/c1-12-4-5-13(2)18-17(12)22-19(28-18)25(3)10-16(27)21-14-6-8-15(9-7-14)26-11-20-23-24-26/h4-9,11H,10H2,1-3H3,(H,21,27). The third kappa shape index (κ3) is 3.56. The van der Waals surface area contributed by atoms with Crippen molar-refractivity contribution in [3.63, 3.8) is 0 Å². The highest BCUT2D eigenvalue weighted by atomic mass is 32.1. The third-order valence-electron chi connectivity index (χ3n) is 4.40. The highest BCUT2D eigenvalue weighted by Gasteiger charge is 2.14. The zero-order chi connectivity index (χ0) is 19.7. The number of fused-ring (bicyclic) bond motifs is 1. The lowest BCUT2D eigenvalue weighted by atomic mass is 10.1. The number of tetrazole rings is 1. The number of amides is 1. The molecule has 0 unspecified atom stereocenters. The number of aromatic nitrogens is 5. The van der Waals surface area contributed by atoms with Gasteiger partial charge in [0.1, 0.15) is 6.33 Å². The topological polar surface area (TPSA) is 88.8 Å². The summed E-state index contributed by atoms with van der Waals surface area (Å²) in [5, 5.41) is 14.8. The van der Waals surface area contributed by atoms with Gasteiger partial charge in [-0.3, -0.25) is 4.79 Å². The minimum absolute atomic E-state index is 0.106. The largest absolute Gasteiger partial charge is 0.342 e. The molecule has 4 aromatic rings. The Labute approximate surface area is 165 Å². The quantitative estimate of drug-likeness (QED) is 0.561. The Kier molecular flexibility index (Phi) is 4.74. The Hall–Kier alpha value is -3.33. The number of likely N-dealkylation sites (N-methyl/N-ethyl adjacent to an activating group) is 1. The number of anilines is 2. The van der Waals surface area contributed by atoms with Crippen molar-refractivity contribution in [2.45, 2.75) is 13.8 Å². The van der Waals surface area contributed by atoms with E-state index in [1.807, 2.05) is 36.2 Å². The van der Waals surface area contributed by atoms with Crippen molar-refractivity contribution in [2.75, 3.05) is 23.8 Å². The molecule has 0 radical (unpaired) electrons. The van der Waals surface area contributed by atoms with Gasteiger partial charge in [0.05, 0.1) is 22.4 Å². The molecule has 2 aromatic carbocycles. The van der Waals surface area contributed by atoms with Crippen LogP contribution in [0, 0.1) is 13.8 Å². The number of rotatable bonds is 5. The van der Waals surface area contributed by atoms with E-state index in [2.05, 4.69) is 46.8 Å². The first kappa shape index (κ1) is 18.1. The molecule has 4 rings (SSSR count). The van der Waals surface area contributed by atoms with Crippen molar-refractivity contribution in [2.24, 2.45) is 0 Å². The van der Waals surface area contributed by atoms with E-state index < -0.39 is 0 Å². The zero-order valence-corrected chi connectivity index (χ0v) is 16.6. The van der Waals surface area contributed by atoms with Crippen LogP contribution in [0.15, 0.2) is 42.7 Å². The summed E-state index contributed by atoms with van der Waals surface area (Å²) in [6, 6.07) is 11.5. The zero-order valence-electron chi connectivity index (χ0n) is 15.7. The van der Waals surface area contributed by atoms with E-state index >= 15 is 0 Å². The average Bonchev–Trinajstić information content (AvgIpc) is 3.36. The molecule has 0 saturated heterocycles. The minimum atomic E-state index is -0.106. The lowest BCUT2D eigenvalue weighted by Crippen LogP contribution is -2.29. The van der Waals surface area contributed by atoms with Crippen LogP contribution in [0.1, 0.15) is 11.1 Å². The minimum Gasteiger partial charge on any atom is -0.342 e. The van der Waals surface area contributed by atoms with E-state index in [0.29, 0.717) is 5.69 Å². The maximum absolute atomic E-state index is 12.4. The smallest absolute Gasteiger partial charge is 0.243 e. The molecule has 1 N–H and O–H groups in total. The van der Waals surface area contributed by atoms with E-state index in [1.54, 1.807) is 16.0 Å². The van der Waals surface area contributed by atoms with E-state index in [4.69, 9.17) is 4.98 Å². The van der Waals surface area contributed by atoms with Crippen LogP contribution in [0.25, 0.3) is 15.9 Å². The van der Waals surface area contributed by atoms with Gasteiger partial charge in [-0.15, -0.1) is 5.10 Å². The van der Waals surface area contributed by atoms with Gasteiger partial charge >= 0.3 is 0 Å². The van der Waals surface area contributed by atoms with Crippen LogP contribution in [0.5, 0.6) is 0 Å². The summed E-state index contributed by atoms with van der Waals surface area (Å²) in [4.78, 5) is 19.0. The first-order valence-corrected chi connectivity index (χ1v) is 9.54. The van der Waals surface area contributed by atoms with Gasteiger partial charge < -0.3 is 10.2 Å². The number of nitrogens with zero attached hydrogens (tertiary/aromatic N) is 6. The van der Waals surface area contributed by atoms with Crippen molar-refractivity contribution in [3.05, 3.63) is 53.9 Å². The number of benzene rings is 2. The highest BCUT2D eigenvalue weighted by molar-refractivity contribution is 7.22. The van der Waals surface area contributed by atoms with Crippen molar-refractivity contribution >= 4 is 38.3 Å². The number of hydrogen-bond acceptors (Lipinski definition) is 7.